The highest BCUT2D eigenvalue weighted by atomic mass is 16.6. The minimum Gasteiger partial charge on any atom is -0.444 e. The summed E-state index contributed by atoms with van der Waals surface area (Å²) < 4.78 is 5.16. The number of imide groups is 1. The quantitative estimate of drug-likeness (QED) is 0.738. The number of piperidine rings is 1. The molecular formula is C20H24N4O5. The Bertz CT molecular complexity index is 887. The number of carbonyl (C=O) groups is 4. The number of nitrogens with one attached hydrogen (secondary N) is 2. The van der Waals surface area contributed by atoms with Crippen molar-refractivity contribution in [2.45, 2.75) is 51.8 Å². The van der Waals surface area contributed by atoms with E-state index in [2.05, 4.69) is 15.6 Å². The second kappa shape index (κ2) is 8.02. The van der Waals surface area contributed by atoms with Crippen LogP contribution in [0, 0.1) is 0 Å². The molecule has 9 nitrogen and oxygen atoms in total. The van der Waals surface area contributed by atoms with Crippen LogP contribution in [-0.2, 0) is 20.9 Å². The van der Waals surface area contributed by atoms with Crippen LogP contribution in [0.1, 0.15) is 55.2 Å². The number of carbonyl (C=O) groups excluding carboxylic acids is 4. The van der Waals surface area contributed by atoms with Gasteiger partial charge in [-0.15, -0.1) is 0 Å². The lowest BCUT2D eigenvalue weighted by Crippen LogP contribution is -2.52. The molecule has 2 aliphatic rings. The van der Waals surface area contributed by atoms with Crippen molar-refractivity contribution in [3.05, 3.63) is 35.2 Å². The Hall–Kier alpha value is -3.23. The summed E-state index contributed by atoms with van der Waals surface area (Å²) in [5, 5.41) is 4.90. The number of amides is 4. The van der Waals surface area contributed by atoms with Crippen LogP contribution in [-0.4, -0.2) is 51.9 Å². The predicted octanol–water partition coefficient (Wildman–Crippen LogP) is 1.38. The van der Waals surface area contributed by atoms with E-state index in [4.69, 9.17) is 4.74 Å². The molecule has 0 aromatic carbocycles. The molecule has 1 saturated heterocycles. The molecule has 1 atom stereocenters. The van der Waals surface area contributed by atoms with Crippen LogP contribution in [0.15, 0.2) is 18.3 Å². The van der Waals surface area contributed by atoms with E-state index in [1.165, 1.54) is 11.1 Å². The maximum Gasteiger partial charge on any atom is 0.407 e. The normalized spacial score (nSPS) is 19.3. The van der Waals surface area contributed by atoms with Crippen LogP contribution in [0.4, 0.5) is 4.79 Å². The lowest BCUT2D eigenvalue weighted by Gasteiger charge is -2.29. The number of nitrogens with zero attached hydrogens (tertiary/aromatic N) is 2. The number of aromatic nitrogens is 1. The molecule has 29 heavy (non-hydrogen) atoms. The lowest BCUT2D eigenvalue weighted by molar-refractivity contribution is -0.136. The SMILES string of the molecule is CC(C)(C)OC(=O)NC/C=C/c1nccc2c1CN(C1CCC(=O)NC1=O)C2=O. The molecule has 0 saturated carbocycles. The second-order valence-electron chi connectivity index (χ2n) is 7.91. The van der Waals surface area contributed by atoms with E-state index in [0.29, 0.717) is 17.7 Å². The Labute approximate surface area is 168 Å². The highest BCUT2D eigenvalue weighted by Crippen LogP contribution is 2.29. The fraction of sp³-hybridized carbons (Fsp3) is 0.450. The van der Waals surface area contributed by atoms with Gasteiger partial charge in [0, 0.05) is 36.8 Å². The van der Waals surface area contributed by atoms with Crippen molar-refractivity contribution < 1.29 is 23.9 Å². The minimum absolute atomic E-state index is 0.206. The lowest BCUT2D eigenvalue weighted by atomic mass is 10.0. The Morgan fingerprint density at radius 1 is 1.38 bits per heavy atom. The Morgan fingerprint density at radius 2 is 2.14 bits per heavy atom. The largest absolute Gasteiger partial charge is 0.444 e. The van der Waals surface area contributed by atoms with E-state index in [9.17, 15) is 19.2 Å². The van der Waals surface area contributed by atoms with Gasteiger partial charge in [-0.1, -0.05) is 6.08 Å². The van der Waals surface area contributed by atoms with Crippen molar-refractivity contribution in [2.24, 2.45) is 0 Å². The molecule has 2 aliphatic heterocycles. The maximum absolute atomic E-state index is 12.8. The van der Waals surface area contributed by atoms with E-state index in [1.54, 1.807) is 39.0 Å². The Morgan fingerprint density at radius 3 is 2.83 bits per heavy atom. The molecule has 0 spiro atoms. The van der Waals surface area contributed by atoms with Gasteiger partial charge in [-0.25, -0.2) is 4.79 Å². The zero-order valence-electron chi connectivity index (χ0n) is 16.7. The van der Waals surface area contributed by atoms with E-state index in [1.807, 2.05) is 0 Å². The topological polar surface area (TPSA) is 118 Å². The van der Waals surface area contributed by atoms with Crippen molar-refractivity contribution in [3.8, 4) is 0 Å². The van der Waals surface area contributed by atoms with Gasteiger partial charge in [0.1, 0.15) is 11.6 Å². The first-order valence-electron chi connectivity index (χ1n) is 9.41. The van der Waals surface area contributed by atoms with Gasteiger partial charge in [-0.05, 0) is 39.3 Å². The molecule has 4 amide bonds. The molecule has 154 valence electrons. The number of pyridine rings is 1. The average molecular weight is 400 g/mol. The van der Waals surface area contributed by atoms with Crippen molar-refractivity contribution in [1.29, 1.82) is 0 Å². The first kappa shape index (κ1) is 20.5. The van der Waals surface area contributed by atoms with Crippen LogP contribution in [0.5, 0.6) is 0 Å². The van der Waals surface area contributed by atoms with Gasteiger partial charge in [0.25, 0.3) is 5.91 Å². The molecule has 3 rings (SSSR count). The molecule has 0 aliphatic carbocycles. The highest BCUT2D eigenvalue weighted by molar-refractivity contribution is 6.05. The van der Waals surface area contributed by atoms with Crippen LogP contribution < -0.4 is 10.6 Å². The molecule has 1 fully saturated rings. The molecule has 0 radical (unpaired) electrons. The molecule has 1 aromatic rings. The van der Waals surface area contributed by atoms with Gasteiger partial charge in [-0.3, -0.25) is 24.7 Å². The van der Waals surface area contributed by atoms with Gasteiger partial charge < -0.3 is 15.0 Å². The summed E-state index contributed by atoms with van der Waals surface area (Å²) in [5.74, 6) is -1.02. The maximum atomic E-state index is 12.8. The number of hydrogen-bond donors (Lipinski definition) is 2. The van der Waals surface area contributed by atoms with E-state index in [0.717, 1.165) is 5.56 Å². The fourth-order valence-corrected chi connectivity index (χ4v) is 3.27. The zero-order chi connectivity index (χ0) is 21.2. The summed E-state index contributed by atoms with van der Waals surface area (Å²) >= 11 is 0. The summed E-state index contributed by atoms with van der Waals surface area (Å²) in [5.41, 5.74) is 1.23. The zero-order valence-corrected chi connectivity index (χ0v) is 16.7. The summed E-state index contributed by atoms with van der Waals surface area (Å²) in [6.45, 7) is 5.83. The van der Waals surface area contributed by atoms with Gasteiger partial charge in [-0.2, -0.15) is 0 Å². The molecule has 2 N–H and O–H groups in total. The summed E-state index contributed by atoms with van der Waals surface area (Å²) in [7, 11) is 0. The van der Waals surface area contributed by atoms with Crippen molar-refractivity contribution in [2.75, 3.05) is 6.54 Å². The Kier molecular flexibility index (Phi) is 5.67. The van der Waals surface area contributed by atoms with Gasteiger partial charge in [0.15, 0.2) is 0 Å². The summed E-state index contributed by atoms with van der Waals surface area (Å²) in [6.07, 6.45) is 4.96. The van der Waals surface area contributed by atoms with Crippen molar-refractivity contribution >= 4 is 29.9 Å². The number of hydrogen-bond acceptors (Lipinski definition) is 6. The van der Waals surface area contributed by atoms with Crippen molar-refractivity contribution in [1.82, 2.24) is 20.5 Å². The first-order chi connectivity index (χ1) is 13.7. The standard InChI is InChI=1S/C20H24N4O5/c1-20(2,3)29-19(28)22-9-4-5-14-13-11-24(18(27)12(13)8-10-21-14)15-6-7-16(25)23-17(15)26/h4-5,8,10,15H,6-7,9,11H2,1-3H3,(H,22,28)(H,23,25,26)/b5-4+. The van der Waals surface area contributed by atoms with Gasteiger partial charge in [0.05, 0.1) is 5.69 Å². The predicted molar refractivity (Wildman–Crippen MR) is 104 cm³/mol. The smallest absolute Gasteiger partial charge is 0.407 e. The molecule has 3 heterocycles. The first-order valence-corrected chi connectivity index (χ1v) is 9.41. The summed E-state index contributed by atoms with van der Waals surface area (Å²) in [4.78, 5) is 53.7. The third-order valence-electron chi connectivity index (χ3n) is 4.53. The van der Waals surface area contributed by atoms with Crippen LogP contribution in [0.3, 0.4) is 0 Å². The van der Waals surface area contributed by atoms with E-state index >= 15 is 0 Å². The molecule has 1 aromatic heterocycles. The molecule has 0 bridgehead atoms. The highest BCUT2D eigenvalue weighted by Gasteiger charge is 2.39. The Balaban J connectivity index is 1.67. The fourth-order valence-electron chi connectivity index (χ4n) is 3.27. The van der Waals surface area contributed by atoms with Crippen molar-refractivity contribution in [3.63, 3.8) is 0 Å². The molecular weight excluding hydrogens is 376 g/mol. The number of alkyl carbamates (subject to hydrolysis) is 1. The second-order valence-corrected chi connectivity index (χ2v) is 7.91. The number of rotatable bonds is 4. The number of fused-ring (bicyclic) bond motifs is 1. The number of ether oxygens (including phenoxy) is 1. The van der Waals surface area contributed by atoms with Gasteiger partial charge in [0.2, 0.25) is 11.8 Å². The summed E-state index contributed by atoms with van der Waals surface area (Å²) in [6, 6.07) is 0.957. The van der Waals surface area contributed by atoms with E-state index < -0.39 is 23.6 Å². The third-order valence-corrected chi connectivity index (χ3v) is 4.53. The van der Waals surface area contributed by atoms with Crippen LogP contribution in [0.25, 0.3) is 6.08 Å². The van der Waals surface area contributed by atoms with Crippen LogP contribution >= 0.6 is 0 Å². The van der Waals surface area contributed by atoms with Crippen LogP contribution in [0.2, 0.25) is 0 Å². The molecule has 9 heteroatoms. The molecule has 1 unspecified atom stereocenters. The van der Waals surface area contributed by atoms with Gasteiger partial charge >= 0.3 is 6.09 Å². The van der Waals surface area contributed by atoms with E-state index in [-0.39, 0.29) is 31.3 Å². The third kappa shape index (κ3) is 4.79. The monoisotopic (exact) mass is 400 g/mol. The minimum atomic E-state index is -0.668. The average Bonchev–Trinajstić information content (AvgIpc) is 2.95.